The van der Waals surface area contributed by atoms with Crippen LogP contribution in [0.1, 0.15) is 6.42 Å². The fourth-order valence-electron chi connectivity index (χ4n) is 2.72. The number of rotatable bonds is 4. The lowest BCUT2D eigenvalue weighted by molar-refractivity contribution is -0.117. The Morgan fingerprint density at radius 1 is 1.24 bits per heavy atom. The summed E-state index contributed by atoms with van der Waals surface area (Å²) in [6.45, 7) is 0.417. The molecule has 1 heterocycles. The molecule has 6 nitrogen and oxygen atoms in total. The van der Waals surface area contributed by atoms with E-state index >= 15 is 0 Å². The van der Waals surface area contributed by atoms with Crippen LogP contribution in [0.15, 0.2) is 48.5 Å². The van der Waals surface area contributed by atoms with Gasteiger partial charge in [-0.1, -0.05) is 17.7 Å². The van der Waals surface area contributed by atoms with Crippen LogP contribution in [0.5, 0.6) is 5.75 Å². The zero-order chi connectivity index (χ0) is 17.8. The molecular weight excluding hydrogens is 342 g/mol. The van der Waals surface area contributed by atoms with E-state index in [0.29, 0.717) is 23.0 Å². The second kappa shape index (κ2) is 7.44. The Balaban J connectivity index is 1.60. The molecule has 1 aliphatic rings. The SMILES string of the molecule is COc1cccc(N2C[C@H](NC(=O)Nc3ccc(Cl)cc3)CC2=O)c1. The molecular formula is C18H18ClN3O3. The van der Waals surface area contributed by atoms with Crippen LogP contribution in [0.2, 0.25) is 5.02 Å². The smallest absolute Gasteiger partial charge is 0.319 e. The first kappa shape index (κ1) is 17.1. The zero-order valence-electron chi connectivity index (χ0n) is 13.7. The van der Waals surface area contributed by atoms with Crippen molar-refractivity contribution in [2.24, 2.45) is 0 Å². The maximum Gasteiger partial charge on any atom is 0.319 e. The van der Waals surface area contributed by atoms with Crippen LogP contribution in [0.3, 0.4) is 0 Å². The van der Waals surface area contributed by atoms with Crippen molar-refractivity contribution in [3.05, 3.63) is 53.6 Å². The average molecular weight is 360 g/mol. The number of amides is 3. The monoisotopic (exact) mass is 359 g/mol. The van der Waals surface area contributed by atoms with Gasteiger partial charge >= 0.3 is 6.03 Å². The number of urea groups is 1. The van der Waals surface area contributed by atoms with Crippen molar-refractivity contribution in [1.29, 1.82) is 0 Å². The highest BCUT2D eigenvalue weighted by atomic mass is 35.5. The normalized spacial score (nSPS) is 16.6. The van der Waals surface area contributed by atoms with Crippen molar-refractivity contribution in [3.8, 4) is 5.75 Å². The van der Waals surface area contributed by atoms with Crippen LogP contribution in [-0.2, 0) is 4.79 Å². The predicted molar refractivity (Wildman–Crippen MR) is 97.4 cm³/mol. The van der Waals surface area contributed by atoms with Gasteiger partial charge in [0.2, 0.25) is 5.91 Å². The quantitative estimate of drug-likeness (QED) is 0.880. The Kier molecular flexibility index (Phi) is 5.09. The molecule has 0 bridgehead atoms. The molecule has 0 aromatic heterocycles. The Morgan fingerprint density at radius 3 is 2.72 bits per heavy atom. The Hall–Kier alpha value is -2.73. The molecule has 2 N–H and O–H groups in total. The van der Waals surface area contributed by atoms with E-state index < -0.39 is 0 Å². The number of hydrogen-bond donors (Lipinski definition) is 2. The van der Waals surface area contributed by atoms with Gasteiger partial charge in [-0.25, -0.2) is 4.79 Å². The highest BCUT2D eigenvalue weighted by Crippen LogP contribution is 2.25. The van der Waals surface area contributed by atoms with Gasteiger partial charge in [0, 0.05) is 35.4 Å². The summed E-state index contributed by atoms with van der Waals surface area (Å²) in [5, 5.41) is 6.15. The van der Waals surface area contributed by atoms with Gasteiger partial charge in [-0.15, -0.1) is 0 Å². The number of ether oxygens (including phenoxy) is 1. The lowest BCUT2D eigenvalue weighted by Gasteiger charge is -2.18. The Labute approximate surface area is 150 Å². The largest absolute Gasteiger partial charge is 0.497 e. The topological polar surface area (TPSA) is 70.7 Å². The van der Waals surface area contributed by atoms with Crippen LogP contribution in [0.25, 0.3) is 0 Å². The molecule has 7 heteroatoms. The zero-order valence-corrected chi connectivity index (χ0v) is 14.4. The number of anilines is 2. The summed E-state index contributed by atoms with van der Waals surface area (Å²) in [5.74, 6) is 0.646. The Bertz CT molecular complexity index is 779. The maximum atomic E-state index is 12.3. The molecule has 0 unspecified atom stereocenters. The molecule has 0 aliphatic carbocycles. The van der Waals surface area contributed by atoms with Gasteiger partial charge in [0.1, 0.15) is 5.75 Å². The van der Waals surface area contributed by atoms with E-state index in [1.165, 1.54) is 0 Å². The number of carbonyl (C=O) groups is 2. The molecule has 0 spiro atoms. The first-order valence-electron chi connectivity index (χ1n) is 7.82. The summed E-state index contributed by atoms with van der Waals surface area (Å²) >= 11 is 5.82. The lowest BCUT2D eigenvalue weighted by Crippen LogP contribution is -2.39. The number of halogens is 1. The first-order valence-corrected chi connectivity index (χ1v) is 8.20. The molecule has 1 saturated heterocycles. The molecule has 0 radical (unpaired) electrons. The van der Waals surface area contributed by atoms with E-state index in [1.807, 2.05) is 18.2 Å². The first-order chi connectivity index (χ1) is 12.0. The molecule has 130 valence electrons. The van der Waals surface area contributed by atoms with Crippen LogP contribution in [0.4, 0.5) is 16.2 Å². The average Bonchev–Trinajstić information content (AvgIpc) is 2.97. The van der Waals surface area contributed by atoms with E-state index in [9.17, 15) is 9.59 Å². The summed E-state index contributed by atoms with van der Waals surface area (Å²) in [7, 11) is 1.58. The van der Waals surface area contributed by atoms with Crippen molar-refractivity contribution < 1.29 is 14.3 Å². The highest BCUT2D eigenvalue weighted by molar-refractivity contribution is 6.30. The molecule has 3 rings (SSSR count). The molecule has 1 atom stereocenters. The molecule has 1 fully saturated rings. The molecule has 3 amide bonds. The number of carbonyl (C=O) groups excluding carboxylic acids is 2. The Morgan fingerprint density at radius 2 is 2.00 bits per heavy atom. The van der Waals surface area contributed by atoms with Crippen molar-refractivity contribution in [3.63, 3.8) is 0 Å². The third-order valence-corrected chi connectivity index (χ3v) is 4.18. The summed E-state index contributed by atoms with van der Waals surface area (Å²) < 4.78 is 5.19. The van der Waals surface area contributed by atoms with Gasteiger partial charge < -0.3 is 20.3 Å². The third-order valence-electron chi connectivity index (χ3n) is 3.93. The number of hydrogen-bond acceptors (Lipinski definition) is 3. The van der Waals surface area contributed by atoms with Gasteiger partial charge in [0.15, 0.2) is 0 Å². The molecule has 25 heavy (non-hydrogen) atoms. The number of nitrogens with one attached hydrogen (secondary N) is 2. The second-order valence-electron chi connectivity index (χ2n) is 5.71. The standard InChI is InChI=1S/C18H18ClN3O3/c1-25-16-4-2-3-15(10-16)22-11-14(9-17(22)23)21-18(24)20-13-7-5-12(19)6-8-13/h2-8,10,14H,9,11H2,1H3,(H2,20,21,24)/t14-/m1/s1. The fraction of sp³-hybridized carbons (Fsp3) is 0.222. The molecule has 2 aromatic carbocycles. The van der Waals surface area contributed by atoms with Gasteiger partial charge in [-0.3, -0.25) is 4.79 Å². The number of benzene rings is 2. The summed E-state index contributed by atoms with van der Waals surface area (Å²) in [5.41, 5.74) is 1.39. The van der Waals surface area contributed by atoms with Gasteiger partial charge in [0.25, 0.3) is 0 Å². The van der Waals surface area contributed by atoms with E-state index in [0.717, 1.165) is 5.69 Å². The van der Waals surface area contributed by atoms with Crippen LogP contribution in [-0.4, -0.2) is 31.6 Å². The fourth-order valence-corrected chi connectivity index (χ4v) is 2.84. The van der Waals surface area contributed by atoms with Crippen molar-refractivity contribution >= 4 is 34.9 Å². The minimum atomic E-state index is -0.354. The van der Waals surface area contributed by atoms with Gasteiger partial charge in [-0.2, -0.15) is 0 Å². The molecule has 2 aromatic rings. The minimum Gasteiger partial charge on any atom is -0.497 e. The van der Waals surface area contributed by atoms with Crippen LogP contribution < -0.4 is 20.3 Å². The van der Waals surface area contributed by atoms with Gasteiger partial charge in [0.05, 0.1) is 13.2 Å². The highest BCUT2D eigenvalue weighted by Gasteiger charge is 2.31. The third kappa shape index (κ3) is 4.22. The van der Waals surface area contributed by atoms with Crippen molar-refractivity contribution in [2.75, 3.05) is 23.9 Å². The summed E-state index contributed by atoms with van der Waals surface area (Å²) in [6.07, 6.45) is 0.255. The number of methoxy groups -OCH3 is 1. The van der Waals surface area contributed by atoms with E-state index in [-0.39, 0.29) is 24.4 Å². The molecule has 1 aliphatic heterocycles. The summed E-state index contributed by atoms with van der Waals surface area (Å²) in [4.78, 5) is 26.0. The second-order valence-corrected chi connectivity index (χ2v) is 6.15. The lowest BCUT2D eigenvalue weighted by atomic mass is 10.2. The van der Waals surface area contributed by atoms with Crippen molar-refractivity contribution in [1.82, 2.24) is 5.32 Å². The minimum absolute atomic E-state index is 0.0370. The van der Waals surface area contributed by atoms with Crippen LogP contribution >= 0.6 is 11.6 Å². The van der Waals surface area contributed by atoms with E-state index in [1.54, 1.807) is 42.3 Å². The summed E-state index contributed by atoms with van der Waals surface area (Å²) in [6, 6.07) is 13.5. The van der Waals surface area contributed by atoms with Crippen LogP contribution in [0, 0.1) is 0 Å². The van der Waals surface area contributed by atoms with E-state index in [2.05, 4.69) is 10.6 Å². The van der Waals surface area contributed by atoms with E-state index in [4.69, 9.17) is 16.3 Å². The van der Waals surface area contributed by atoms with Gasteiger partial charge in [-0.05, 0) is 36.4 Å². The number of nitrogens with zero attached hydrogens (tertiary/aromatic N) is 1. The van der Waals surface area contributed by atoms with Crippen molar-refractivity contribution in [2.45, 2.75) is 12.5 Å². The predicted octanol–water partition coefficient (Wildman–Crippen LogP) is 3.28. The molecule has 0 saturated carbocycles. The maximum absolute atomic E-state index is 12.3.